The van der Waals surface area contributed by atoms with E-state index in [1.807, 2.05) is 26.8 Å². The van der Waals surface area contributed by atoms with Gasteiger partial charge in [0, 0.05) is 55.5 Å². The number of halogens is 3. The van der Waals surface area contributed by atoms with Gasteiger partial charge in [0.15, 0.2) is 17.2 Å². The molecule has 0 amide bonds. The lowest BCUT2D eigenvalue weighted by atomic mass is 9.88. The van der Waals surface area contributed by atoms with Crippen molar-refractivity contribution in [1.29, 1.82) is 0 Å². The maximum atomic E-state index is 16.3. The Bertz CT molecular complexity index is 1380. The van der Waals surface area contributed by atoms with Crippen LogP contribution in [0.5, 0.6) is 5.75 Å². The van der Waals surface area contributed by atoms with Gasteiger partial charge in [0.05, 0.1) is 25.0 Å². The van der Waals surface area contributed by atoms with E-state index in [-0.39, 0.29) is 40.8 Å². The molecule has 2 aromatic carbocycles. The first-order chi connectivity index (χ1) is 20.2. The molecular formula is C32H38F3N3O4. The molecule has 1 saturated carbocycles. The van der Waals surface area contributed by atoms with Crippen molar-refractivity contribution in [2.75, 3.05) is 32.8 Å². The maximum Gasteiger partial charge on any atom is 0.309 e. The minimum absolute atomic E-state index is 0.0502. The van der Waals surface area contributed by atoms with Gasteiger partial charge in [0.25, 0.3) is 0 Å². The number of carbonyl (C=O) groups excluding carboxylic acids is 1. The molecule has 1 aliphatic carbocycles. The second-order valence-corrected chi connectivity index (χ2v) is 12.3. The van der Waals surface area contributed by atoms with Crippen molar-refractivity contribution in [3.63, 3.8) is 0 Å². The summed E-state index contributed by atoms with van der Waals surface area (Å²) in [6.07, 6.45) is 3.67. The summed E-state index contributed by atoms with van der Waals surface area (Å²) in [5.41, 5.74) is 1.26. The Balaban J connectivity index is 1.15. The van der Waals surface area contributed by atoms with E-state index < -0.39 is 23.1 Å². The van der Waals surface area contributed by atoms with Gasteiger partial charge in [-0.3, -0.25) is 9.69 Å². The van der Waals surface area contributed by atoms with E-state index in [9.17, 15) is 13.6 Å². The van der Waals surface area contributed by atoms with Crippen molar-refractivity contribution in [1.82, 2.24) is 9.80 Å². The van der Waals surface area contributed by atoms with E-state index in [2.05, 4.69) is 15.0 Å². The quantitative estimate of drug-likeness (QED) is 0.354. The summed E-state index contributed by atoms with van der Waals surface area (Å²) in [6.45, 7) is 9.09. The molecule has 0 atom stereocenters. The second kappa shape index (κ2) is 11.4. The van der Waals surface area contributed by atoms with E-state index in [1.165, 1.54) is 6.07 Å². The van der Waals surface area contributed by atoms with Crippen LogP contribution < -0.4 is 4.74 Å². The largest absolute Gasteiger partial charge is 0.488 e. The average Bonchev–Trinajstić information content (AvgIpc) is 3.69. The molecule has 6 rings (SSSR count). The molecule has 7 nitrogen and oxygen atoms in total. The van der Waals surface area contributed by atoms with Crippen LogP contribution in [0.3, 0.4) is 0 Å². The molecule has 0 aromatic heterocycles. The van der Waals surface area contributed by atoms with Gasteiger partial charge < -0.3 is 19.2 Å². The number of amidine groups is 1. The highest BCUT2D eigenvalue weighted by atomic mass is 19.1. The first-order valence-corrected chi connectivity index (χ1v) is 15.0. The number of benzene rings is 2. The fourth-order valence-corrected chi connectivity index (χ4v) is 6.47. The Morgan fingerprint density at radius 2 is 1.86 bits per heavy atom. The summed E-state index contributed by atoms with van der Waals surface area (Å²) >= 11 is 0. The predicted molar refractivity (Wildman–Crippen MR) is 152 cm³/mol. The number of rotatable bonds is 8. The zero-order valence-corrected chi connectivity index (χ0v) is 24.4. The second-order valence-electron chi connectivity index (χ2n) is 12.3. The van der Waals surface area contributed by atoms with Crippen LogP contribution in [0.4, 0.5) is 13.2 Å². The summed E-state index contributed by atoms with van der Waals surface area (Å²) in [6, 6.07) is 5.21. The Morgan fingerprint density at radius 3 is 2.50 bits per heavy atom. The molecule has 42 heavy (non-hydrogen) atoms. The number of hydrogen-bond acceptors (Lipinski definition) is 7. The number of piperidine rings is 1. The van der Waals surface area contributed by atoms with Crippen LogP contribution in [0.1, 0.15) is 69.9 Å². The van der Waals surface area contributed by atoms with Crippen LogP contribution in [0.25, 0.3) is 11.1 Å². The van der Waals surface area contributed by atoms with Crippen molar-refractivity contribution >= 4 is 11.8 Å². The van der Waals surface area contributed by atoms with Crippen molar-refractivity contribution in [3.8, 4) is 16.9 Å². The summed E-state index contributed by atoms with van der Waals surface area (Å²) in [7, 11) is 0. The molecule has 2 aromatic rings. The molecule has 0 unspecified atom stereocenters. The average molecular weight is 586 g/mol. The zero-order valence-electron chi connectivity index (χ0n) is 24.4. The summed E-state index contributed by atoms with van der Waals surface area (Å²) in [4.78, 5) is 22.4. The van der Waals surface area contributed by atoms with E-state index in [0.717, 1.165) is 62.3 Å². The van der Waals surface area contributed by atoms with E-state index in [4.69, 9.17) is 14.3 Å². The molecule has 10 heteroatoms. The molecule has 0 bridgehead atoms. The first kappa shape index (κ1) is 28.8. The number of oxime groups is 1. The molecule has 2 saturated heterocycles. The molecule has 3 aliphatic heterocycles. The third kappa shape index (κ3) is 5.70. The van der Waals surface area contributed by atoms with Crippen LogP contribution in [-0.4, -0.2) is 66.1 Å². The van der Waals surface area contributed by atoms with E-state index >= 15 is 4.39 Å². The molecule has 0 N–H and O–H groups in total. The maximum absolute atomic E-state index is 16.3. The number of nitrogens with zero attached hydrogens (tertiary/aromatic N) is 3. The highest BCUT2D eigenvalue weighted by Crippen LogP contribution is 2.49. The number of likely N-dealkylation sites (tertiary alicyclic amines) is 2. The van der Waals surface area contributed by atoms with Gasteiger partial charge in [0.1, 0.15) is 17.5 Å². The topological polar surface area (TPSA) is 63.6 Å². The van der Waals surface area contributed by atoms with E-state index in [1.54, 1.807) is 0 Å². The molecule has 4 aliphatic rings. The first-order valence-electron chi connectivity index (χ1n) is 15.0. The monoisotopic (exact) mass is 585 g/mol. The van der Waals surface area contributed by atoms with Gasteiger partial charge in [-0.15, -0.1) is 0 Å². The minimum atomic E-state index is -0.789. The third-order valence-corrected chi connectivity index (χ3v) is 8.62. The Labute approximate surface area is 244 Å². The molecule has 226 valence electrons. The van der Waals surface area contributed by atoms with Crippen LogP contribution in [-0.2, 0) is 20.9 Å². The van der Waals surface area contributed by atoms with Gasteiger partial charge in [-0.2, -0.15) is 0 Å². The summed E-state index contributed by atoms with van der Waals surface area (Å²) < 4.78 is 56.0. The minimum Gasteiger partial charge on any atom is -0.488 e. The van der Waals surface area contributed by atoms with Gasteiger partial charge >= 0.3 is 5.97 Å². The zero-order chi connectivity index (χ0) is 29.6. The SMILES string of the molecule is CCOC(=O)C1CCN(C2=NOC3(C2)CN(Cc2cc(C4CC4)c(-c4ccc(F)cc4F)c(F)c2OC(C)C)C3)CC1. The van der Waals surface area contributed by atoms with Gasteiger partial charge in [-0.25, -0.2) is 13.2 Å². The van der Waals surface area contributed by atoms with Crippen molar-refractivity contribution in [2.45, 2.75) is 77.0 Å². The Morgan fingerprint density at radius 1 is 1.12 bits per heavy atom. The van der Waals surface area contributed by atoms with Crippen molar-refractivity contribution < 1.29 is 32.3 Å². The van der Waals surface area contributed by atoms with Gasteiger partial charge in [-0.05, 0) is 76.1 Å². The number of esters is 1. The Hall–Kier alpha value is -3.27. The Kier molecular flexibility index (Phi) is 7.85. The normalized spacial score (nSPS) is 20.5. The molecule has 3 heterocycles. The molecule has 1 spiro atoms. The standard InChI is InChI=1S/C32H38F3N3O4/c1-4-40-31(39)21-9-11-38(12-10-21)27-15-32(42-36-27)17-37(18-32)16-22-13-25(20-5-6-20)28(29(35)30(22)41-19(2)3)24-8-7-23(33)14-26(24)34/h7-8,13-14,19-21H,4-6,9-12,15-18H2,1-3H3. The van der Waals surface area contributed by atoms with Crippen LogP contribution >= 0.6 is 0 Å². The van der Waals surface area contributed by atoms with Crippen molar-refractivity contribution in [2.24, 2.45) is 11.1 Å². The fraction of sp³-hybridized carbons (Fsp3) is 0.562. The highest BCUT2D eigenvalue weighted by molar-refractivity contribution is 5.84. The third-order valence-electron chi connectivity index (χ3n) is 8.62. The number of carbonyl (C=O) groups is 1. The lowest BCUT2D eigenvalue weighted by Crippen LogP contribution is -2.61. The van der Waals surface area contributed by atoms with Crippen molar-refractivity contribution in [3.05, 3.63) is 52.8 Å². The van der Waals surface area contributed by atoms with E-state index in [0.29, 0.717) is 38.2 Å². The fourth-order valence-electron chi connectivity index (χ4n) is 6.47. The molecule has 0 radical (unpaired) electrons. The van der Waals surface area contributed by atoms with Crippen LogP contribution in [0.15, 0.2) is 29.4 Å². The number of hydrogen-bond donors (Lipinski definition) is 0. The smallest absolute Gasteiger partial charge is 0.309 e. The summed E-state index contributed by atoms with van der Waals surface area (Å²) in [5, 5.41) is 4.41. The molecular weight excluding hydrogens is 547 g/mol. The van der Waals surface area contributed by atoms with Crippen LogP contribution in [0, 0.1) is 23.4 Å². The lowest BCUT2D eigenvalue weighted by Gasteiger charge is -2.45. The summed E-state index contributed by atoms with van der Waals surface area (Å²) in [5.74, 6) is -1.11. The molecule has 3 fully saturated rings. The highest BCUT2D eigenvalue weighted by Gasteiger charge is 2.51. The number of ether oxygens (including phenoxy) is 2. The van der Waals surface area contributed by atoms with Gasteiger partial charge in [0.2, 0.25) is 0 Å². The van der Waals surface area contributed by atoms with Gasteiger partial charge in [-0.1, -0.05) is 5.16 Å². The predicted octanol–water partition coefficient (Wildman–Crippen LogP) is 6.00. The van der Waals surface area contributed by atoms with Crippen LogP contribution in [0.2, 0.25) is 0 Å². The lowest BCUT2D eigenvalue weighted by molar-refractivity contribution is -0.149.